The smallest absolute Gasteiger partial charge is 0.323 e. The molecular formula is C14H17N3O4. The average molecular weight is 291 g/mol. The standard InChI is InChI=1S/C14H17N3O4/c18-12-3-1-2-11-10-4-9(7-17(11)12)6-16(8-10)14(21)15-5-13(19)20/h1-3,9-10H,4-8H2,(H,15,21)(H,19,20). The summed E-state index contributed by atoms with van der Waals surface area (Å²) in [5.41, 5.74) is 0.973. The van der Waals surface area contributed by atoms with Crippen molar-refractivity contribution in [3.05, 3.63) is 34.2 Å². The zero-order valence-electron chi connectivity index (χ0n) is 11.5. The van der Waals surface area contributed by atoms with E-state index >= 15 is 0 Å². The number of carbonyl (C=O) groups excluding carboxylic acids is 1. The van der Waals surface area contributed by atoms with E-state index in [9.17, 15) is 14.4 Å². The lowest BCUT2D eigenvalue weighted by atomic mass is 9.83. The van der Waals surface area contributed by atoms with Gasteiger partial charge >= 0.3 is 12.0 Å². The minimum atomic E-state index is -1.06. The van der Waals surface area contributed by atoms with Gasteiger partial charge in [0.1, 0.15) is 6.54 Å². The van der Waals surface area contributed by atoms with E-state index in [0.717, 1.165) is 12.1 Å². The molecule has 2 atom stereocenters. The molecule has 2 unspecified atom stereocenters. The number of carboxylic acid groups (broad SMARTS) is 1. The maximum atomic E-state index is 12.0. The first kappa shape index (κ1) is 13.7. The molecule has 3 heterocycles. The summed E-state index contributed by atoms with van der Waals surface area (Å²) in [7, 11) is 0. The molecule has 2 amide bonds. The van der Waals surface area contributed by atoms with E-state index in [4.69, 9.17) is 5.11 Å². The Kier molecular flexibility index (Phi) is 3.40. The third-order valence-corrected chi connectivity index (χ3v) is 4.16. The number of aliphatic carboxylic acids is 1. The number of urea groups is 1. The van der Waals surface area contributed by atoms with Gasteiger partial charge in [0, 0.05) is 37.3 Å². The van der Waals surface area contributed by atoms with E-state index in [0.29, 0.717) is 19.6 Å². The predicted molar refractivity (Wildman–Crippen MR) is 74.2 cm³/mol. The molecule has 21 heavy (non-hydrogen) atoms. The van der Waals surface area contributed by atoms with Gasteiger partial charge in [-0.2, -0.15) is 0 Å². The van der Waals surface area contributed by atoms with Crippen LogP contribution in [0.5, 0.6) is 0 Å². The van der Waals surface area contributed by atoms with Crippen LogP contribution in [0.25, 0.3) is 0 Å². The highest BCUT2D eigenvalue weighted by Crippen LogP contribution is 2.34. The molecule has 0 aromatic carbocycles. The number of nitrogens with zero attached hydrogens (tertiary/aromatic N) is 2. The number of amides is 2. The number of hydrogen-bond acceptors (Lipinski definition) is 3. The molecule has 0 aliphatic carbocycles. The van der Waals surface area contributed by atoms with Gasteiger partial charge in [0.25, 0.3) is 5.56 Å². The predicted octanol–water partition coefficient (Wildman–Crippen LogP) is 0.0616. The molecule has 3 rings (SSSR count). The number of carboxylic acids is 1. The Morgan fingerprint density at radius 2 is 2.10 bits per heavy atom. The van der Waals surface area contributed by atoms with E-state index < -0.39 is 5.97 Å². The first-order chi connectivity index (χ1) is 10.0. The first-order valence-electron chi connectivity index (χ1n) is 6.99. The van der Waals surface area contributed by atoms with Gasteiger partial charge in [-0.25, -0.2) is 4.79 Å². The minimum Gasteiger partial charge on any atom is -0.480 e. The summed E-state index contributed by atoms with van der Waals surface area (Å²) >= 11 is 0. The largest absolute Gasteiger partial charge is 0.480 e. The molecule has 7 nitrogen and oxygen atoms in total. The summed E-state index contributed by atoms with van der Waals surface area (Å²) in [5, 5.41) is 11.0. The van der Waals surface area contributed by atoms with Gasteiger partial charge in [-0.3, -0.25) is 9.59 Å². The normalized spacial score (nSPS) is 23.3. The Hall–Kier alpha value is -2.31. The summed E-state index contributed by atoms with van der Waals surface area (Å²) in [6.07, 6.45) is 0.964. The summed E-state index contributed by atoms with van der Waals surface area (Å²) in [4.78, 5) is 36.1. The van der Waals surface area contributed by atoms with Crippen LogP contribution in [0.3, 0.4) is 0 Å². The second-order valence-electron chi connectivity index (χ2n) is 5.66. The Balaban J connectivity index is 1.77. The second kappa shape index (κ2) is 5.23. The number of likely N-dealkylation sites (tertiary alicyclic amines) is 1. The number of nitrogens with one attached hydrogen (secondary N) is 1. The number of carbonyl (C=O) groups is 2. The minimum absolute atomic E-state index is 0.00554. The van der Waals surface area contributed by atoms with Gasteiger partial charge in [0.2, 0.25) is 0 Å². The highest BCUT2D eigenvalue weighted by atomic mass is 16.4. The summed E-state index contributed by atoms with van der Waals surface area (Å²) in [6.45, 7) is 1.32. The van der Waals surface area contributed by atoms with E-state index in [2.05, 4.69) is 5.32 Å². The molecule has 1 aromatic heterocycles. The van der Waals surface area contributed by atoms with Crippen molar-refractivity contribution in [2.75, 3.05) is 19.6 Å². The number of aromatic nitrogens is 1. The highest BCUT2D eigenvalue weighted by Gasteiger charge is 2.36. The van der Waals surface area contributed by atoms with Crippen LogP contribution in [0.4, 0.5) is 4.79 Å². The maximum Gasteiger partial charge on any atom is 0.323 e. The zero-order chi connectivity index (χ0) is 15.0. The number of hydrogen-bond donors (Lipinski definition) is 2. The van der Waals surface area contributed by atoms with Crippen molar-refractivity contribution < 1.29 is 14.7 Å². The molecular weight excluding hydrogens is 274 g/mol. The van der Waals surface area contributed by atoms with Crippen LogP contribution in [-0.4, -0.2) is 46.2 Å². The third kappa shape index (κ3) is 2.63. The summed E-state index contributed by atoms with van der Waals surface area (Å²) < 4.78 is 1.80. The van der Waals surface area contributed by atoms with Crippen LogP contribution < -0.4 is 10.9 Å². The van der Waals surface area contributed by atoms with Crippen molar-refractivity contribution in [2.45, 2.75) is 18.9 Å². The molecule has 0 radical (unpaired) electrons. The first-order valence-corrected chi connectivity index (χ1v) is 6.99. The lowest BCUT2D eigenvalue weighted by molar-refractivity contribution is -0.135. The Morgan fingerprint density at radius 1 is 1.29 bits per heavy atom. The molecule has 0 spiro atoms. The number of pyridine rings is 1. The lowest BCUT2D eigenvalue weighted by Crippen LogP contribution is -2.52. The van der Waals surface area contributed by atoms with Crippen LogP contribution in [0, 0.1) is 5.92 Å². The fraction of sp³-hybridized carbons (Fsp3) is 0.500. The van der Waals surface area contributed by atoms with E-state index in [1.165, 1.54) is 0 Å². The Labute approximate surface area is 121 Å². The molecule has 2 aliphatic heterocycles. The zero-order valence-corrected chi connectivity index (χ0v) is 11.5. The highest BCUT2D eigenvalue weighted by molar-refractivity contribution is 5.80. The van der Waals surface area contributed by atoms with Gasteiger partial charge in [0.05, 0.1) is 0 Å². The van der Waals surface area contributed by atoms with Gasteiger partial charge in [-0.1, -0.05) is 6.07 Å². The third-order valence-electron chi connectivity index (χ3n) is 4.16. The fourth-order valence-corrected chi connectivity index (χ4v) is 3.33. The van der Waals surface area contributed by atoms with Crippen LogP contribution in [0.15, 0.2) is 23.0 Å². The average Bonchev–Trinajstić information content (AvgIpc) is 2.45. The second-order valence-corrected chi connectivity index (χ2v) is 5.66. The van der Waals surface area contributed by atoms with E-state index in [1.54, 1.807) is 21.6 Å². The van der Waals surface area contributed by atoms with Crippen molar-refractivity contribution >= 4 is 12.0 Å². The van der Waals surface area contributed by atoms with Crippen molar-refractivity contribution in [2.24, 2.45) is 5.92 Å². The lowest BCUT2D eigenvalue weighted by Gasteiger charge is -2.42. The summed E-state index contributed by atoms with van der Waals surface area (Å²) in [6, 6.07) is 4.89. The van der Waals surface area contributed by atoms with Crippen LogP contribution >= 0.6 is 0 Å². The van der Waals surface area contributed by atoms with Crippen LogP contribution in [0.1, 0.15) is 18.0 Å². The van der Waals surface area contributed by atoms with Gasteiger partial charge in [-0.05, 0) is 18.4 Å². The van der Waals surface area contributed by atoms with Crippen LogP contribution in [0.2, 0.25) is 0 Å². The molecule has 1 saturated heterocycles. The molecule has 7 heteroatoms. The molecule has 2 bridgehead atoms. The van der Waals surface area contributed by atoms with Crippen molar-refractivity contribution in [1.29, 1.82) is 0 Å². The number of piperidine rings is 1. The van der Waals surface area contributed by atoms with Crippen molar-refractivity contribution in [1.82, 2.24) is 14.8 Å². The van der Waals surface area contributed by atoms with Crippen molar-refractivity contribution in [3.8, 4) is 0 Å². The number of rotatable bonds is 2. The van der Waals surface area contributed by atoms with Gasteiger partial charge in [-0.15, -0.1) is 0 Å². The topological polar surface area (TPSA) is 91.6 Å². The molecule has 0 saturated carbocycles. The fourth-order valence-electron chi connectivity index (χ4n) is 3.33. The molecule has 1 fully saturated rings. The quantitative estimate of drug-likeness (QED) is 0.806. The monoisotopic (exact) mass is 291 g/mol. The SMILES string of the molecule is O=C(O)CNC(=O)N1CC2CC(C1)c1cccc(=O)n1C2. The van der Waals surface area contributed by atoms with E-state index in [-0.39, 0.29) is 30.0 Å². The Morgan fingerprint density at radius 3 is 2.86 bits per heavy atom. The van der Waals surface area contributed by atoms with E-state index in [1.807, 2.05) is 6.07 Å². The van der Waals surface area contributed by atoms with Crippen LogP contribution in [-0.2, 0) is 11.3 Å². The molecule has 2 aliphatic rings. The van der Waals surface area contributed by atoms with Gasteiger partial charge < -0.3 is 19.9 Å². The Bertz CT molecular complexity index is 639. The molecule has 112 valence electrons. The van der Waals surface area contributed by atoms with Gasteiger partial charge in [0.15, 0.2) is 0 Å². The van der Waals surface area contributed by atoms with Crippen molar-refractivity contribution in [3.63, 3.8) is 0 Å². The summed E-state index contributed by atoms with van der Waals surface area (Å²) in [5.74, 6) is -0.675. The maximum absolute atomic E-state index is 12.0. The molecule has 1 aromatic rings. The number of fused-ring (bicyclic) bond motifs is 4. The molecule has 2 N–H and O–H groups in total.